The van der Waals surface area contributed by atoms with Gasteiger partial charge in [-0.25, -0.2) is 0 Å². The Labute approximate surface area is 67.9 Å². The SMILES string of the molecule is CCCCC/C=C\C(O)C=O. The Morgan fingerprint density at radius 1 is 1.45 bits per heavy atom. The van der Waals surface area contributed by atoms with Gasteiger partial charge in [0.15, 0.2) is 6.29 Å². The molecule has 0 aromatic carbocycles. The number of aliphatic hydroxyl groups excluding tert-OH is 1. The second kappa shape index (κ2) is 7.48. The highest BCUT2D eigenvalue weighted by molar-refractivity contribution is 5.58. The Morgan fingerprint density at radius 2 is 2.18 bits per heavy atom. The molecule has 0 aliphatic rings. The maximum atomic E-state index is 9.92. The van der Waals surface area contributed by atoms with Crippen LogP contribution < -0.4 is 0 Å². The van der Waals surface area contributed by atoms with Crippen molar-refractivity contribution in [1.82, 2.24) is 0 Å². The van der Waals surface area contributed by atoms with Gasteiger partial charge in [-0.2, -0.15) is 0 Å². The van der Waals surface area contributed by atoms with E-state index in [2.05, 4.69) is 6.92 Å². The van der Waals surface area contributed by atoms with Gasteiger partial charge in [-0.05, 0) is 12.8 Å². The number of aldehydes is 1. The first-order valence-electron chi connectivity index (χ1n) is 4.11. The standard InChI is InChI=1S/C9H16O2/c1-2-3-4-5-6-7-9(11)8-10/h6-9,11H,2-5H2,1H3/b7-6-. The lowest BCUT2D eigenvalue weighted by molar-refractivity contribution is -0.112. The molecule has 0 rings (SSSR count). The third-order valence-electron chi connectivity index (χ3n) is 1.45. The minimum atomic E-state index is -0.906. The highest BCUT2D eigenvalue weighted by atomic mass is 16.3. The van der Waals surface area contributed by atoms with Crippen molar-refractivity contribution in [3.8, 4) is 0 Å². The Hall–Kier alpha value is -0.630. The van der Waals surface area contributed by atoms with Crippen molar-refractivity contribution in [2.75, 3.05) is 0 Å². The first-order valence-corrected chi connectivity index (χ1v) is 4.11. The summed E-state index contributed by atoms with van der Waals surface area (Å²) in [6.07, 6.45) is 7.51. The molecule has 0 saturated heterocycles. The van der Waals surface area contributed by atoms with E-state index in [-0.39, 0.29) is 0 Å². The highest BCUT2D eigenvalue weighted by Gasteiger charge is 1.91. The van der Waals surface area contributed by atoms with Crippen LogP contribution in [0.15, 0.2) is 12.2 Å². The van der Waals surface area contributed by atoms with Gasteiger partial charge in [0.1, 0.15) is 6.10 Å². The van der Waals surface area contributed by atoms with Crippen LogP contribution in [0.5, 0.6) is 0 Å². The second-order valence-electron chi connectivity index (χ2n) is 2.55. The summed E-state index contributed by atoms with van der Waals surface area (Å²) in [6, 6.07) is 0. The second-order valence-corrected chi connectivity index (χ2v) is 2.55. The zero-order chi connectivity index (χ0) is 8.53. The summed E-state index contributed by atoms with van der Waals surface area (Å²) in [5.74, 6) is 0. The summed E-state index contributed by atoms with van der Waals surface area (Å²) < 4.78 is 0. The number of aliphatic hydroxyl groups is 1. The van der Waals surface area contributed by atoms with Crippen LogP contribution in [0.1, 0.15) is 32.6 Å². The number of unbranched alkanes of at least 4 members (excludes halogenated alkanes) is 3. The van der Waals surface area contributed by atoms with Crippen molar-refractivity contribution in [2.45, 2.75) is 38.7 Å². The van der Waals surface area contributed by atoms with Crippen LogP contribution in [0.4, 0.5) is 0 Å². The number of carbonyl (C=O) groups is 1. The molecule has 0 aromatic rings. The van der Waals surface area contributed by atoms with E-state index < -0.39 is 6.10 Å². The average molecular weight is 156 g/mol. The number of hydrogen-bond acceptors (Lipinski definition) is 2. The van der Waals surface area contributed by atoms with Crippen LogP contribution in [0.25, 0.3) is 0 Å². The number of hydrogen-bond donors (Lipinski definition) is 1. The zero-order valence-corrected chi connectivity index (χ0v) is 6.99. The molecule has 0 fully saturated rings. The predicted octanol–water partition coefficient (Wildman–Crippen LogP) is 1.68. The molecule has 0 aliphatic carbocycles. The molecule has 2 nitrogen and oxygen atoms in total. The molecular weight excluding hydrogens is 140 g/mol. The minimum Gasteiger partial charge on any atom is -0.382 e. The molecular formula is C9H16O2. The lowest BCUT2D eigenvalue weighted by Crippen LogP contribution is -2.01. The van der Waals surface area contributed by atoms with Gasteiger partial charge in [0.2, 0.25) is 0 Å². The van der Waals surface area contributed by atoms with E-state index in [0.717, 1.165) is 12.8 Å². The number of rotatable bonds is 6. The fourth-order valence-corrected chi connectivity index (χ4v) is 0.793. The van der Waals surface area contributed by atoms with Crippen molar-refractivity contribution in [3.05, 3.63) is 12.2 Å². The molecule has 0 amide bonds. The Morgan fingerprint density at radius 3 is 2.73 bits per heavy atom. The van der Waals surface area contributed by atoms with E-state index in [0.29, 0.717) is 6.29 Å². The summed E-state index contributed by atoms with van der Waals surface area (Å²) >= 11 is 0. The van der Waals surface area contributed by atoms with Crippen molar-refractivity contribution in [3.63, 3.8) is 0 Å². The van der Waals surface area contributed by atoms with E-state index >= 15 is 0 Å². The zero-order valence-electron chi connectivity index (χ0n) is 6.99. The minimum absolute atomic E-state index is 0.524. The molecule has 1 N–H and O–H groups in total. The van der Waals surface area contributed by atoms with Crippen LogP contribution in [-0.4, -0.2) is 17.5 Å². The Bertz CT molecular complexity index is 119. The smallest absolute Gasteiger partial charge is 0.152 e. The molecule has 11 heavy (non-hydrogen) atoms. The predicted molar refractivity (Wildman–Crippen MR) is 45.4 cm³/mol. The summed E-state index contributed by atoms with van der Waals surface area (Å²) in [7, 11) is 0. The maximum absolute atomic E-state index is 9.92. The molecule has 0 radical (unpaired) electrons. The third-order valence-corrected chi connectivity index (χ3v) is 1.45. The lowest BCUT2D eigenvalue weighted by atomic mass is 10.2. The van der Waals surface area contributed by atoms with Gasteiger partial charge in [-0.15, -0.1) is 0 Å². The molecule has 0 bridgehead atoms. The molecule has 1 atom stereocenters. The summed E-state index contributed by atoms with van der Waals surface area (Å²) in [4.78, 5) is 9.92. The molecule has 0 heterocycles. The fraction of sp³-hybridized carbons (Fsp3) is 0.667. The van der Waals surface area contributed by atoms with Gasteiger partial charge in [0.25, 0.3) is 0 Å². The average Bonchev–Trinajstić information content (AvgIpc) is 2.04. The summed E-state index contributed by atoms with van der Waals surface area (Å²) in [5.41, 5.74) is 0. The number of carbonyl (C=O) groups excluding carboxylic acids is 1. The van der Waals surface area contributed by atoms with Gasteiger partial charge in [0, 0.05) is 0 Å². The van der Waals surface area contributed by atoms with Gasteiger partial charge in [-0.1, -0.05) is 31.9 Å². The largest absolute Gasteiger partial charge is 0.382 e. The van der Waals surface area contributed by atoms with Crippen LogP contribution in [0.2, 0.25) is 0 Å². The van der Waals surface area contributed by atoms with Gasteiger partial charge < -0.3 is 9.90 Å². The molecule has 0 spiro atoms. The summed E-state index contributed by atoms with van der Waals surface area (Å²) in [5, 5.41) is 8.76. The third kappa shape index (κ3) is 7.26. The molecule has 1 unspecified atom stereocenters. The maximum Gasteiger partial charge on any atom is 0.152 e. The lowest BCUT2D eigenvalue weighted by Gasteiger charge is -1.93. The van der Waals surface area contributed by atoms with Crippen molar-refractivity contribution in [2.24, 2.45) is 0 Å². The molecule has 0 aromatic heterocycles. The quantitative estimate of drug-likeness (QED) is 0.361. The Kier molecular flexibility index (Phi) is 7.05. The Balaban J connectivity index is 3.22. The van der Waals surface area contributed by atoms with Crippen molar-refractivity contribution >= 4 is 6.29 Å². The van der Waals surface area contributed by atoms with Crippen molar-refractivity contribution in [1.29, 1.82) is 0 Å². The van der Waals surface area contributed by atoms with Gasteiger partial charge in [0.05, 0.1) is 0 Å². The van der Waals surface area contributed by atoms with Crippen LogP contribution in [0.3, 0.4) is 0 Å². The first-order chi connectivity index (χ1) is 5.31. The van der Waals surface area contributed by atoms with Crippen LogP contribution in [0, 0.1) is 0 Å². The number of allylic oxidation sites excluding steroid dienone is 1. The molecule has 2 heteroatoms. The van der Waals surface area contributed by atoms with Crippen LogP contribution in [-0.2, 0) is 4.79 Å². The van der Waals surface area contributed by atoms with Crippen molar-refractivity contribution < 1.29 is 9.90 Å². The fourth-order valence-electron chi connectivity index (χ4n) is 0.793. The first kappa shape index (κ1) is 10.4. The molecule has 0 aliphatic heterocycles. The topological polar surface area (TPSA) is 37.3 Å². The van der Waals surface area contributed by atoms with E-state index in [1.807, 2.05) is 6.08 Å². The van der Waals surface area contributed by atoms with Gasteiger partial charge in [-0.3, -0.25) is 0 Å². The molecule has 0 saturated carbocycles. The molecule has 64 valence electrons. The van der Waals surface area contributed by atoms with Crippen LogP contribution >= 0.6 is 0 Å². The van der Waals surface area contributed by atoms with E-state index in [9.17, 15) is 4.79 Å². The monoisotopic (exact) mass is 156 g/mol. The van der Waals surface area contributed by atoms with E-state index in [4.69, 9.17) is 5.11 Å². The highest BCUT2D eigenvalue weighted by Crippen LogP contribution is 1.99. The van der Waals surface area contributed by atoms with Gasteiger partial charge >= 0.3 is 0 Å². The normalized spacial score (nSPS) is 13.6. The van der Waals surface area contributed by atoms with E-state index in [1.165, 1.54) is 18.9 Å². The van der Waals surface area contributed by atoms with E-state index in [1.54, 1.807) is 0 Å². The summed E-state index contributed by atoms with van der Waals surface area (Å²) in [6.45, 7) is 2.14.